The van der Waals surface area contributed by atoms with Crippen LogP contribution in [0.2, 0.25) is 0 Å². The number of carbonyl (C=O) groups excluding carboxylic acids is 1. The normalized spacial score (nSPS) is 23.8. The van der Waals surface area contributed by atoms with Gasteiger partial charge in [0.05, 0.1) is 5.60 Å². The van der Waals surface area contributed by atoms with Crippen molar-refractivity contribution in [2.45, 2.75) is 51.2 Å². The van der Waals surface area contributed by atoms with Gasteiger partial charge in [0.15, 0.2) is 0 Å². The Morgan fingerprint density at radius 1 is 1.43 bits per heavy atom. The summed E-state index contributed by atoms with van der Waals surface area (Å²) in [5.41, 5.74) is -0.0782. The Labute approximate surface area is 137 Å². The van der Waals surface area contributed by atoms with Crippen LogP contribution < -0.4 is 4.90 Å². The summed E-state index contributed by atoms with van der Waals surface area (Å²) >= 11 is 0. The maximum absolute atomic E-state index is 11.6. The first-order chi connectivity index (χ1) is 11.0. The molecule has 126 valence electrons. The molecule has 6 heteroatoms. The molecule has 3 heterocycles. The molecule has 1 atom stereocenters. The highest BCUT2D eigenvalue weighted by Gasteiger charge is 2.41. The molecule has 0 aliphatic carbocycles. The van der Waals surface area contributed by atoms with Gasteiger partial charge in [-0.2, -0.15) is 0 Å². The third kappa shape index (κ3) is 3.47. The van der Waals surface area contributed by atoms with Crippen molar-refractivity contribution < 1.29 is 9.53 Å². The van der Waals surface area contributed by atoms with Crippen LogP contribution in [0.15, 0.2) is 12.3 Å². The number of hydrogen-bond donors (Lipinski definition) is 0. The van der Waals surface area contributed by atoms with Crippen molar-refractivity contribution in [3.05, 3.63) is 18.1 Å². The Balaban J connectivity index is 1.64. The molecule has 23 heavy (non-hydrogen) atoms. The van der Waals surface area contributed by atoms with Gasteiger partial charge < -0.3 is 14.5 Å². The Morgan fingerprint density at radius 2 is 2.17 bits per heavy atom. The smallest absolute Gasteiger partial charge is 0.219 e. The van der Waals surface area contributed by atoms with Gasteiger partial charge in [0, 0.05) is 45.9 Å². The van der Waals surface area contributed by atoms with E-state index >= 15 is 0 Å². The molecule has 1 aromatic heterocycles. The van der Waals surface area contributed by atoms with Crippen LogP contribution in [0.4, 0.5) is 5.82 Å². The molecule has 1 spiro atoms. The lowest BCUT2D eigenvalue weighted by Gasteiger charge is -2.48. The lowest BCUT2D eigenvalue weighted by molar-refractivity contribution is -0.141. The summed E-state index contributed by atoms with van der Waals surface area (Å²) in [6.07, 6.45) is 5.67. The number of nitrogens with zero attached hydrogens (tertiary/aromatic N) is 4. The fourth-order valence-corrected chi connectivity index (χ4v) is 3.70. The first-order valence-electron chi connectivity index (χ1n) is 8.41. The van der Waals surface area contributed by atoms with Gasteiger partial charge in [0.2, 0.25) is 5.91 Å². The maximum atomic E-state index is 11.6. The SMILES string of the molecule is CC(=O)N(C)[C@H]1CCOC2(CCN(c3ccnc(C)n3)CC2)C1. The van der Waals surface area contributed by atoms with E-state index in [4.69, 9.17) is 4.74 Å². The van der Waals surface area contributed by atoms with Gasteiger partial charge >= 0.3 is 0 Å². The van der Waals surface area contributed by atoms with Crippen molar-refractivity contribution in [3.8, 4) is 0 Å². The van der Waals surface area contributed by atoms with Crippen LogP contribution in [0.5, 0.6) is 0 Å². The molecule has 2 aliphatic heterocycles. The van der Waals surface area contributed by atoms with E-state index in [1.807, 2.05) is 31.1 Å². The molecule has 2 aliphatic rings. The molecule has 0 saturated carbocycles. The zero-order valence-electron chi connectivity index (χ0n) is 14.3. The Hall–Kier alpha value is -1.69. The van der Waals surface area contributed by atoms with Crippen molar-refractivity contribution in [2.75, 3.05) is 31.6 Å². The Morgan fingerprint density at radius 3 is 2.83 bits per heavy atom. The van der Waals surface area contributed by atoms with Crippen molar-refractivity contribution >= 4 is 11.7 Å². The lowest BCUT2D eigenvalue weighted by atomic mass is 9.82. The van der Waals surface area contributed by atoms with Gasteiger partial charge in [-0.3, -0.25) is 4.79 Å². The average molecular weight is 318 g/mol. The van der Waals surface area contributed by atoms with E-state index in [2.05, 4.69) is 14.9 Å². The third-order valence-corrected chi connectivity index (χ3v) is 5.27. The van der Waals surface area contributed by atoms with Gasteiger partial charge in [0.1, 0.15) is 11.6 Å². The summed E-state index contributed by atoms with van der Waals surface area (Å²) < 4.78 is 6.18. The van der Waals surface area contributed by atoms with Crippen molar-refractivity contribution in [1.82, 2.24) is 14.9 Å². The summed E-state index contributed by atoms with van der Waals surface area (Å²) in [6, 6.07) is 2.27. The van der Waals surface area contributed by atoms with Gasteiger partial charge in [-0.15, -0.1) is 0 Å². The first kappa shape index (κ1) is 16.2. The van der Waals surface area contributed by atoms with Crippen LogP contribution in [-0.4, -0.2) is 59.2 Å². The van der Waals surface area contributed by atoms with Crippen molar-refractivity contribution in [3.63, 3.8) is 0 Å². The first-order valence-corrected chi connectivity index (χ1v) is 8.41. The van der Waals surface area contributed by atoms with Crippen LogP contribution in [0.3, 0.4) is 0 Å². The number of hydrogen-bond acceptors (Lipinski definition) is 5. The number of anilines is 1. The van der Waals surface area contributed by atoms with E-state index in [9.17, 15) is 4.79 Å². The minimum Gasteiger partial charge on any atom is -0.375 e. The Kier molecular flexibility index (Phi) is 4.53. The van der Waals surface area contributed by atoms with E-state index in [-0.39, 0.29) is 11.5 Å². The van der Waals surface area contributed by atoms with Gasteiger partial charge in [-0.05, 0) is 38.7 Å². The lowest BCUT2D eigenvalue weighted by Crippen LogP contribution is -2.54. The highest BCUT2D eigenvalue weighted by Crippen LogP contribution is 2.37. The maximum Gasteiger partial charge on any atom is 0.219 e. The predicted molar refractivity (Wildman–Crippen MR) is 88.4 cm³/mol. The summed E-state index contributed by atoms with van der Waals surface area (Å²) in [5, 5.41) is 0. The van der Waals surface area contributed by atoms with E-state index in [1.165, 1.54) is 0 Å². The van der Waals surface area contributed by atoms with Crippen LogP contribution in [-0.2, 0) is 9.53 Å². The summed E-state index contributed by atoms with van der Waals surface area (Å²) in [4.78, 5) is 24.5. The van der Waals surface area contributed by atoms with Gasteiger partial charge in [0.25, 0.3) is 0 Å². The van der Waals surface area contributed by atoms with E-state index in [1.54, 1.807) is 6.92 Å². The molecular formula is C17H26N4O2. The molecule has 0 radical (unpaired) electrons. The minimum atomic E-state index is -0.0782. The largest absolute Gasteiger partial charge is 0.375 e. The fraction of sp³-hybridized carbons (Fsp3) is 0.706. The highest BCUT2D eigenvalue weighted by atomic mass is 16.5. The monoisotopic (exact) mass is 318 g/mol. The number of piperidine rings is 1. The van der Waals surface area contributed by atoms with Crippen molar-refractivity contribution in [1.29, 1.82) is 0 Å². The van der Waals surface area contributed by atoms with Crippen LogP contribution in [0, 0.1) is 6.92 Å². The predicted octanol–water partition coefficient (Wildman–Crippen LogP) is 1.78. The Bertz CT molecular complexity index is 569. The van der Waals surface area contributed by atoms with Crippen LogP contribution in [0.25, 0.3) is 0 Å². The summed E-state index contributed by atoms with van der Waals surface area (Å²) in [7, 11) is 1.91. The van der Waals surface area contributed by atoms with Gasteiger partial charge in [-0.25, -0.2) is 9.97 Å². The highest BCUT2D eigenvalue weighted by molar-refractivity contribution is 5.73. The number of carbonyl (C=O) groups is 1. The molecule has 0 aromatic carbocycles. The van der Waals surface area contributed by atoms with Crippen LogP contribution in [0.1, 0.15) is 38.4 Å². The number of aromatic nitrogens is 2. The molecule has 0 unspecified atom stereocenters. The number of rotatable bonds is 2. The molecule has 6 nitrogen and oxygen atoms in total. The number of ether oxygens (including phenoxy) is 1. The number of aryl methyl sites for hydroxylation is 1. The molecule has 3 rings (SSSR count). The quantitative estimate of drug-likeness (QED) is 0.832. The summed E-state index contributed by atoms with van der Waals surface area (Å²) in [6.45, 7) is 6.18. The molecular weight excluding hydrogens is 292 g/mol. The molecule has 1 amide bonds. The standard InChI is InChI=1S/C17H26N4O2/c1-13-18-8-4-16(19-13)21-9-6-17(7-10-21)12-15(5-11-23-17)20(3)14(2)22/h4,8,15H,5-7,9-12H2,1-3H3/t15-/m0/s1. The third-order valence-electron chi connectivity index (χ3n) is 5.27. The van der Waals surface area contributed by atoms with E-state index in [0.29, 0.717) is 6.04 Å². The molecule has 2 fully saturated rings. The second-order valence-corrected chi connectivity index (χ2v) is 6.76. The van der Waals surface area contributed by atoms with Gasteiger partial charge in [-0.1, -0.05) is 0 Å². The molecule has 0 bridgehead atoms. The van der Waals surface area contributed by atoms with Crippen molar-refractivity contribution in [2.24, 2.45) is 0 Å². The molecule has 0 N–H and O–H groups in total. The second kappa shape index (κ2) is 6.43. The second-order valence-electron chi connectivity index (χ2n) is 6.76. The molecule has 1 aromatic rings. The topological polar surface area (TPSA) is 58.6 Å². The van der Waals surface area contributed by atoms with E-state index < -0.39 is 0 Å². The fourth-order valence-electron chi connectivity index (χ4n) is 3.70. The molecule has 2 saturated heterocycles. The average Bonchev–Trinajstić information content (AvgIpc) is 2.55. The number of amides is 1. The van der Waals surface area contributed by atoms with Crippen LogP contribution >= 0.6 is 0 Å². The van der Waals surface area contributed by atoms with E-state index in [0.717, 1.165) is 57.0 Å². The minimum absolute atomic E-state index is 0.0782. The zero-order chi connectivity index (χ0) is 16.4. The summed E-state index contributed by atoms with van der Waals surface area (Å²) in [5.74, 6) is 1.95. The zero-order valence-corrected chi connectivity index (χ0v) is 14.3.